The molecule has 3 nitrogen and oxygen atoms in total. The lowest BCUT2D eigenvalue weighted by molar-refractivity contribution is -0.120. The first-order chi connectivity index (χ1) is 13.5. The molecule has 0 heterocycles. The average molecular weight is 377 g/mol. The van der Waals surface area contributed by atoms with Crippen molar-refractivity contribution in [2.75, 3.05) is 0 Å². The van der Waals surface area contributed by atoms with Crippen LogP contribution in [0.25, 0.3) is 0 Å². The SMILES string of the molecule is Cc1ccc(C)c(CC(=O)NCc2ccc(OCc3ccc(F)cc3)cc2)c1. The van der Waals surface area contributed by atoms with Crippen molar-refractivity contribution in [3.8, 4) is 5.75 Å². The summed E-state index contributed by atoms with van der Waals surface area (Å²) in [5.41, 5.74) is 5.25. The highest BCUT2D eigenvalue weighted by atomic mass is 19.1. The Morgan fingerprint density at radius 3 is 2.32 bits per heavy atom. The molecule has 0 aliphatic heterocycles. The van der Waals surface area contributed by atoms with Crippen molar-refractivity contribution in [3.05, 3.63) is 100 Å². The molecule has 0 aromatic heterocycles. The highest BCUT2D eigenvalue weighted by molar-refractivity contribution is 5.79. The molecule has 0 aliphatic carbocycles. The zero-order valence-corrected chi connectivity index (χ0v) is 16.2. The number of nitrogens with one attached hydrogen (secondary N) is 1. The van der Waals surface area contributed by atoms with Crippen LogP contribution in [0.1, 0.15) is 27.8 Å². The van der Waals surface area contributed by atoms with Crippen molar-refractivity contribution >= 4 is 5.91 Å². The third-order valence-electron chi connectivity index (χ3n) is 4.59. The van der Waals surface area contributed by atoms with Gasteiger partial charge in [-0.25, -0.2) is 4.39 Å². The fourth-order valence-corrected chi connectivity index (χ4v) is 2.88. The lowest BCUT2D eigenvalue weighted by Crippen LogP contribution is -2.24. The summed E-state index contributed by atoms with van der Waals surface area (Å²) in [4.78, 5) is 12.2. The van der Waals surface area contributed by atoms with Gasteiger partial charge in [0.25, 0.3) is 0 Å². The van der Waals surface area contributed by atoms with E-state index in [1.54, 1.807) is 12.1 Å². The maximum Gasteiger partial charge on any atom is 0.224 e. The molecule has 0 spiro atoms. The monoisotopic (exact) mass is 377 g/mol. The molecule has 0 aliphatic rings. The summed E-state index contributed by atoms with van der Waals surface area (Å²) in [7, 11) is 0. The lowest BCUT2D eigenvalue weighted by Gasteiger charge is -2.10. The van der Waals surface area contributed by atoms with Gasteiger partial charge in [0.1, 0.15) is 18.2 Å². The van der Waals surface area contributed by atoms with E-state index in [0.717, 1.165) is 33.6 Å². The van der Waals surface area contributed by atoms with Crippen LogP contribution in [0.2, 0.25) is 0 Å². The van der Waals surface area contributed by atoms with Gasteiger partial charge in [0.05, 0.1) is 6.42 Å². The van der Waals surface area contributed by atoms with Crippen LogP contribution >= 0.6 is 0 Å². The van der Waals surface area contributed by atoms with E-state index >= 15 is 0 Å². The second kappa shape index (κ2) is 9.18. The number of amides is 1. The van der Waals surface area contributed by atoms with E-state index in [1.165, 1.54) is 12.1 Å². The van der Waals surface area contributed by atoms with Crippen LogP contribution in [0.4, 0.5) is 4.39 Å². The van der Waals surface area contributed by atoms with E-state index in [-0.39, 0.29) is 11.7 Å². The number of carbonyl (C=O) groups is 1. The van der Waals surface area contributed by atoms with Crippen molar-refractivity contribution in [1.29, 1.82) is 0 Å². The van der Waals surface area contributed by atoms with Gasteiger partial charge in [-0.05, 0) is 60.4 Å². The summed E-state index contributed by atoms with van der Waals surface area (Å²) in [6.45, 7) is 4.90. The van der Waals surface area contributed by atoms with Crippen LogP contribution in [-0.2, 0) is 24.4 Å². The minimum atomic E-state index is -0.257. The zero-order chi connectivity index (χ0) is 19.9. The zero-order valence-electron chi connectivity index (χ0n) is 16.2. The Hall–Kier alpha value is -3.14. The normalized spacial score (nSPS) is 10.5. The third kappa shape index (κ3) is 5.68. The second-order valence-corrected chi connectivity index (χ2v) is 6.94. The standard InChI is InChI=1S/C24H24FNO2/c1-17-3-4-18(2)21(13-17)14-24(27)26-15-19-7-11-23(12-8-19)28-16-20-5-9-22(25)10-6-20/h3-13H,14-16H2,1-2H3,(H,26,27). The van der Waals surface area contributed by atoms with Crippen LogP contribution in [0.3, 0.4) is 0 Å². The Morgan fingerprint density at radius 1 is 0.929 bits per heavy atom. The van der Waals surface area contributed by atoms with Crippen molar-refractivity contribution in [1.82, 2.24) is 5.32 Å². The first-order valence-corrected chi connectivity index (χ1v) is 9.28. The Bertz CT molecular complexity index is 934. The van der Waals surface area contributed by atoms with Crippen LogP contribution in [0, 0.1) is 19.7 Å². The number of carbonyl (C=O) groups excluding carboxylic acids is 1. The molecule has 1 amide bonds. The molecular formula is C24H24FNO2. The minimum absolute atomic E-state index is 0.00494. The van der Waals surface area contributed by atoms with E-state index in [2.05, 4.69) is 17.4 Å². The molecule has 0 saturated heterocycles. The van der Waals surface area contributed by atoms with E-state index in [4.69, 9.17) is 4.74 Å². The predicted octanol–water partition coefficient (Wildman–Crippen LogP) is 4.88. The average Bonchev–Trinajstić information content (AvgIpc) is 2.69. The van der Waals surface area contributed by atoms with Crippen LogP contribution < -0.4 is 10.1 Å². The summed E-state index contributed by atoms with van der Waals surface area (Å²) in [6, 6.07) is 20.0. The van der Waals surface area contributed by atoms with E-state index in [9.17, 15) is 9.18 Å². The first kappa shape index (κ1) is 19.6. The summed E-state index contributed by atoms with van der Waals surface area (Å²) in [5.74, 6) is 0.479. The number of ether oxygens (including phenoxy) is 1. The Morgan fingerprint density at radius 2 is 1.61 bits per heavy atom. The van der Waals surface area contributed by atoms with E-state index < -0.39 is 0 Å². The molecule has 3 rings (SSSR count). The van der Waals surface area contributed by atoms with Crippen LogP contribution in [0.15, 0.2) is 66.7 Å². The summed E-state index contributed by atoms with van der Waals surface area (Å²) >= 11 is 0. The molecule has 28 heavy (non-hydrogen) atoms. The van der Waals surface area contributed by atoms with E-state index in [0.29, 0.717) is 19.6 Å². The molecule has 0 unspecified atom stereocenters. The molecule has 4 heteroatoms. The van der Waals surface area contributed by atoms with Crippen molar-refractivity contribution in [2.24, 2.45) is 0 Å². The highest BCUT2D eigenvalue weighted by Gasteiger charge is 2.06. The molecule has 0 bridgehead atoms. The van der Waals surface area contributed by atoms with E-state index in [1.807, 2.05) is 44.2 Å². The molecule has 1 N–H and O–H groups in total. The van der Waals surface area contributed by atoms with Crippen molar-refractivity contribution < 1.29 is 13.9 Å². The molecule has 3 aromatic rings. The van der Waals surface area contributed by atoms with Gasteiger partial charge in [-0.15, -0.1) is 0 Å². The van der Waals surface area contributed by atoms with Gasteiger partial charge in [0, 0.05) is 6.54 Å². The lowest BCUT2D eigenvalue weighted by atomic mass is 10.0. The topological polar surface area (TPSA) is 38.3 Å². The third-order valence-corrected chi connectivity index (χ3v) is 4.59. The summed E-state index contributed by atoms with van der Waals surface area (Å²) in [6.07, 6.45) is 0.381. The number of hydrogen-bond acceptors (Lipinski definition) is 2. The van der Waals surface area contributed by atoms with Crippen molar-refractivity contribution in [2.45, 2.75) is 33.4 Å². The van der Waals surface area contributed by atoms with Gasteiger partial charge < -0.3 is 10.1 Å². The second-order valence-electron chi connectivity index (χ2n) is 6.94. The van der Waals surface area contributed by atoms with Gasteiger partial charge in [0.2, 0.25) is 5.91 Å². The largest absolute Gasteiger partial charge is 0.489 e. The predicted molar refractivity (Wildman–Crippen MR) is 109 cm³/mol. The van der Waals surface area contributed by atoms with Crippen molar-refractivity contribution in [3.63, 3.8) is 0 Å². The van der Waals surface area contributed by atoms with Gasteiger partial charge >= 0.3 is 0 Å². The Kier molecular flexibility index (Phi) is 6.43. The number of hydrogen-bond donors (Lipinski definition) is 1. The number of benzene rings is 3. The molecule has 144 valence electrons. The molecule has 0 saturated carbocycles. The van der Waals surface area contributed by atoms with Gasteiger partial charge in [-0.2, -0.15) is 0 Å². The summed E-state index contributed by atoms with van der Waals surface area (Å²) < 4.78 is 18.6. The maximum absolute atomic E-state index is 12.9. The van der Waals surface area contributed by atoms with Crippen LogP contribution in [-0.4, -0.2) is 5.91 Å². The molecule has 0 radical (unpaired) electrons. The minimum Gasteiger partial charge on any atom is -0.489 e. The molecule has 0 atom stereocenters. The molecule has 0 fully saturated rings. The smallest absolute Gasteiger partial charge is 0.224 e. The number of halogens is 1. The summed E-state index contributed by atoms with van der Waals surface area (Å²) in [5, 5.41) is 2.96. The van der Waals surface area contributed by atoms with Gasteiger partial charge in [-0.1, -0.05) is 48.0 Å². The number of rotatable bonds is 7. The van der Waals surface area contributed by atoms with Crippen LogP contribution in [0.5, 0.6) is 5.75 Å². The quantitative estimate of drug-likeness (QED) is 0.637. The Balaban J connectivity index is 1.48. The maximum atomic E-state index is 12.9. The number of aryl methyl sites for hydroxylation is 2. The molecular weight excluding hydrogens is 353 g/mol. The fourth-order valence-electron chi connectivity index (χ4n) is 2.88. The Labute approximate surface area is 165 Å². The highest BCUT2D eigenvalue weighted by Crippen LogP contribution is 2.15. The van der Waals surface area contributed by atoms with Gasteiger partial charge in [-0.3, -0.25) is 4.79 Å². The molecule has 3 aromatic carbocycles. The fraction of sp³-hybridized carbons (Fsp3) is 0.208. The first-order valence-electron chi connectivity index (χ1n) is 9.28. The van der Waals surface area contributed by atoms with Gasteiger partial charge in [0.15, 0.2) is 0 Å².